The second-order valence-corrected chi connectivity index (χ2v) is 6.45. The summed E-state index contributed by atoms with van der Waals surface area (Å²) >= 11 is 12.1. The van der Waals surface area contributed by atoms with Gasteiger partial charge in [-0.15, -0.1) is 0 Å². The Morgan fingerprint density at radius 2 is 1.88 bits per heavy atom. The van der Waals surface area contributed by atoms with Gasteiger partial charge in [0.1, 0.15) is 11.6 Å². The molecular formula is C19H10Cl2N2O. The number of nitriles is 1. The molecule has 0 saturated carbocycles. The van der Waals surface area contributed by atoms with Gasteiger partial charge in [0.25, 0.3) is 5.56 Å². The zero-order valence-corrected chi connectivity index (χ0v) is 13.9. The molecule has 0 radical (unpaired) electrons. The molecule has 0 amide bonds. The van der Waals surface area contributed by atoms with Crippen molar-refractivity contribution in [1.82, 2.24) is 4.98 Å². The van der Waals surface area contributed by atoms with E-state index in [-0.39, 0.29) is 5.56 Å². The highest BCUT2D eigenvalue weighted by atomic mass is 35.5. The number of aromatic nitrogens is 1. The van der Waals surface area contributed by atoms with E-state index in [1.54, 1.807) is 18.2 Å². The fraction of sp³-hybridized carbons (Fsp3) is 0.0526. The number of H-pyrrole nitrogens is 1. The van der Waals surface area contributed by atoms with E-state index in [9.17, 15) is 10.1 Å². The number of nitrogens with zero attached hydrogens (tertiary/aromatic N) is 1. The van der Waals surface area contributed by atoms with Crippen LogP contribution in [-0.4, -0.2) is 4.98 Å². The van der Waals surface area contributed by atoms with Gasteiger partial charge in [-0.1, -0.05) is 53.5 Å². The maximum absolute atomic E-state index is 12.4. The van der Waals surface area contributed by atoms with E-state index in [1.165, 1.54) is 0 Å². The number of fused-ring (bicyclic) bond motifs is 3. The number of nitrogens with one attached hydrogen (secondary N) is 1. The van der Waals surface area contributed by atoms with Crippen LogP contribution in [0.4, 0.5) is 0 Å². The molecule has 3 nitrogen and oxygen atoms in total. The first-order valence-corrected chi connectivity index (χ1v) is 8.08. The minimum absolute atomic E-state index is 0.0972. The van der Waals surface area contributed by atoms with Crippen LogP contribution >= 0.6 is 23.2 Å². The van der Waals surface area contributed by atoms with Crippen LogP contribution in [0, 0.1) is 11.3 Å². The van der Waals surface area contributed by atoms with Crippen molar-refractivity contribution in [3.8, 4) is 28.5 Å². The first kappa shape index (κ1) is 15.0. The van der Waals surface area contributed by atoms with E-state index < -0.39 is 5.56 Å². The Labute approximate surface area is 148 Å². The van der Waals surface area contributed by atoms with E-state index in [0.29, 0.717) is 22.0 Å². The second kappa shape index (κ2) is 5.52. The first-order chi connectivity index (χ1) is 11.6. The molecule has 5 heteroatoms. The Morgan fingerprint density at radius 3 is 2.62 bits per heavy atom. The van der Waals surface area contributed by atoms with Crippen molar-refractivity contribution in [2.45, 2.75) is 6.42 Å². The van der Waals surface area contributed by atoms with Gasteiger partial charge in [-0.05, 0) is 28.8 Å². The third-order valence-corrected chi connectivity index (χ3v) is 5.03. The predicted molar refractivity (Wildman–Crippen MR) is 95.5 cm³/mol. The number of halogens is 2. The minimum Gasteiger partial charge on any atom is -0.320 e. The minimum atomic E-state index is -0.394. The summed E-state index contributed by atoms with van der Waals surface area (Å²) in [6, 6.07) is 15.1. The van der Waals surface area contributed by atoms with Gasteiger partial charge >= 0.3 is 0 Å². The van der Waals surface area contributed by atoms with Crippen LogP contribution < -0.4 is 5.56 Å². The molecule has 116 valence electrons. The summed E-state index contributed by atoms with van der Waals surface area (Å²) in [5, 5.41) is 10.3. The molecule has 1 heterocycles. The maximum atomic E-state index is 12.4. The van der Waals surface area contributed by atoms with Crippen molar-refractivity contribution in [1.29, 1.82) is 5.26 Å². The lowest BCUT2D eigenvalue weighted by Gasteiger charge is -2.11. The molecule has 1 N–H and O–H groups in total. The number of benzene rings is 2. The summed E-state index contributed by atoms with van der Waals surface area (Å²) in [5.74, 6) is 0. The normalized spacial score (nSPS) is 11.7. The SMILES string of the molecule is N#Cc1c(-c2ccc(Cl)c(Cl)c2)c2c([nH]c1=O)-c1ccccc1C2. The fourth-order valence-corrected chi connectivity index (χ4v) is 3.53. The summed E-state index contributed by atoms with van der Waals surface area (Å²) in [7, 11) is 0. The third kappa shape index (κ3) is 2.16. The summed E-state index contributed by atoms with van der Waals surface area (Å²) in [4.78, 5) is 15.3. The quantitative estimate of drug-likeness (QED) is 0.535. The van der Waals surface area contributed by atoms with E-state index >= 15 is 0 Å². The molecule has 0 spiro atoms. The van der Waals surface area contributed by atoms with E-state index in [4.69, 9.17) is 23.2 Å². The topological polar surface area (TPSA) is 56.6 Å². The highest BCUT2D eigenvalue weighted by molar-refractivity contribution is 6.42. The Morgan fingerprint density at radius 1 is 1.08 bits per heavy atom. The van der Waals surface area contributed by atoms with Gasteiger partial charge < -0.3 is 4.98 Å². The van der Waals surface area contributed by atoms with E-state index in [2.05, 4.69) is 4.98 Å². The highest BCUT2D eigenvalue weighted by Crippen LogP contribution is 2.41. The number of hydrogen-bond acceptors (Lipinski definition) is 2. The fourth-order valence-electron chi connectivity index (χ4n) is 3.23. The number of hydrogen-bond donors (Lipinski definition) is 1. The van der Waals surface area contributed by atoms with Gasteiger partial charge in [0, 0.05) is 17.5 Å². The van der Waals surface area contributed by atoms with Crippen LogP contribution in [-0.2, 0) is 6.42 Å². The molecule has 1 aliphatic rings. The van der Waals surface area contributed by atoms with Crippen LogP contribution in [0.5, 0.6) is 0 Å². The van der Waals surface area contributed by atoms with Crippen molar-refractivity contribution in [2.24, 2.45) is 0 Å². The molecule has 4 rings (SSSR count). The lowest BCUT2D eigenvalue weighted by atomic mass is 9.94. The lowest BCUT2D eigenvalue weighted by Crippen LogP contribution is -2.14. The summed E-state index contributed by atoms with van der Waals surface area (Å²) in [6.07, 6.45) is 0.659. The largest absolute Gasteiger partial charge is 0.320 e. The van der Waals surface area contributed by atoms with Gasteiger partial charge in [-0.25, -0.2) is 0 Å². The smallest absolute Gasteiger partial charge is 0.266 e. The van der Waals surface area contributed by atoms with Crippen molar-refractivity contribution in [2.75, 3.05) is 0 Å². The molecule has 2 aromatic carbocycles. The van der Waals surface area contributed by atoms with Gasteiger partial charge in [-0.3, -0.25) is 4.79 Å². The van der Waals surface area contributed by atoms with Gasteiger partial charge in [0.15, 0.2) is 0 Å². The summed E-state index contributed by atoms with van der Waals surface area (Å²) in [6.45, 7) is 0. The number of aromatic amines is 1. The van der Waals surface area contributed by atoms with Gasteiger partial charge in [0.05, 0.1) is 15.7 Å². The zero-order valence-electron chi connectivity index (χ0n) is 12.4. The molecule has 1 aliphatic carbocycles. The summed E-state index contributed by atoms with van der Waals surface area (Å²) < 4.78 is 0. The molecular weight excluding hydrogens is 343 g/mol. The van der Waals surface area contributed by atoms with Gasteiger partial charge in [0.2, 0.25) is 0 Å². The van der Waals surface area contributed by atoms with Crippen molar-refractivity contribution in [3.05, 3.63) is 79.6 Å². The van der Waals surface area contributed by atoms with Gasteiger partial charge in [-0.2, -0.15) is 5.26 Å². The Kier molecular flexibility index (Phi) is 3.45. The zero-order chi connectivity index (χ0) is 16.8. The van der Waals surface area contributed by atoms with Crippen LogP contribution in [0.15, 0.2) is 47.3 Å². The van der Waals surface area contributed by atoms with E-state index in [0.717, 1.165) is 27.9 Å². The van der Waals surface area contributed by atoms with Crippen LogP contribution in [0.3, 0.4) is 0 Å². The molecule has 0 aliphatic heterocycles. The van der Waals surface area contributed by atoms with Crippen molar-refractivity contribution < 1.29 is 0 Å². The number of rotatable bonds is 1. The van der Waals surface area contributed by atoms with Crippen LogP contribution in [0.2, 0.25) is 10.0 Å². The monoisotopic (exact) mass is 352 g/mol. The average Bonchev–Trinajstić information content (AvgIpc) is 2.94. The second-order valence-electron chi connectivity index (χ2n) is 5.63. The molecule has 0 atom stereocenters. The Bertz CT molecular complexity index is 1090. The molecule has 0 saturated heterocycles. The molecule has 0 fully saturated rings. The van der Waals surface area contributed by atoms with Crippen molar-refractivity contribution >= 4 is 23.2 Å². The molecule has 3 aromatic rings. The number of pyridine rings is 1. The average molecular weight is 353 g/mol. The Balaban J connectivity index is 2.08. The molecule has 1 aromatic heterocycles. The standard InChI is InChI=1S/C19H10Cl2N2O/c20-15-6-5-11(8-16(15)21)17-13-7-10-3-1-2-4-12(10)18(13)23-19(24)14(17)9-22/h1-6,8H,7H2,(H,23,24). The molecule has 24 heavy (non-hydrogen) atoms. The van der Waals surface area contributed by atoms with Crippen LogP contribution in [0.1, 0.15) is 16.7 Å². The lowest BCUT2D eigenvalue weighted by molar-refractivity contribution is 1.17. The van der Waals surface area contributed by atoms with E-state index in [1.807, 2.05) is 30.3 Å². The predicted octanol–water partition coefficient (Wildman–Crippen LogP) is 4.79. The summed E-state index contributed by atoms with van der Waals surface area (Å²) in [5.41, 5.74) is 4.88. The van der Waals surface area contributed by atoms with Crippen molar-refractivity contribution in [3.63, 3.8) is 0 Å². The third-order valence-electron chi connectivity index (χ3n) is 4.29. The molecule has 0 bridgehead atoms. The highest BCUT2D eigenvalue weighted by Gasteiger charge is 2.26. The first-order valence-electron chi connectivity index (χ1n) is 7.33. The van der Waals surface area contributed by atoms with Crippen LogP contribution in [0.25, 0.3) is 22.4 Å². The Hall–Kier alpha value is -2.54. The maximum Gasteiger partial charge on any atom is 0.266 e. The molecule has 0 unspecified atom stereocenters.